The Hall–Kier alpha value is -2.89. The number of anilines is 1. The van der Waals surface area contributed by atoms with Crippen molar-refractivity contribution in [3.63, 3.8) is 0 Å². The van der Waals surface area contributed by atoms with Crippen molar-refractivity contribution in [1.29, 1.82) is 0 Å². The first-order chi connectivity index (χ1) is 12.1. The van der Waals surface area contributed by atoms with Gasteiger partial charge in [-0.1, -0.05) is 18.2 Å². The van der Waals surface area contributed by atoms with Crippen LogP contribution in [0.1, 0.15) is 16.1 Å². The van der Waals surface area contributed by atoms with E-state index in [1.807, 2.05) is 30.0 Å². The lowest BCUT2D eigenvalue weighted by Crippen LogP contribution is -2.49. The van der Waals surface area contributed by atoms with E-state index in [1.165, 1.54) is 6.07 Å². The number of benzene rings is 1. The molecule has 3 heterocycles. The molecule has 1 N–H and O–H groups in total. The fraction of sp³-hybridized carbons (Fsp3) is 0.263. The van der Waals surface area contributed by atoms with Crippen molar-refractivity contribution in [3.8, 4) is 0 Å². The van der Waals surface area contributed by atoms with Gasteiger partial charge in [-0.15, -0.1) is 0 Å². The van der Waals surface area contributed by atoms with Crippen LogP contribution < -0.4 is 4.90 Å². The molecule has 4 rings (SSSR count). The Morgan fingerprint density at radius 2 is 1.92 bits per heavy atom. The minimum Gasteiger partial charge on any atom is -0.356 e. The van der Waals surface area contributed by atoms with Gasteiger partial charge in [-0.3, -0.25) is 4.79 Å². The summed E-state index contributed by atoms with van der Waals surface area (Å²) in [4.78, 5) is 24.4. The molecule has 25 heavy (non-hydrogen) atoms. The summed E-state index contributed by atoms with van der Waals surface area (Å²) >= 11 is 0. The van der Waals surface area contributed by atoms with Crippen molar-refractivity contribution >= 4 is 22.6 Å². The smallest absolute Gasteiger partial charge is 0.256 e. The van der Waals surface area contributed by atoms with Crippen LogP contribution in [-0.4, -0.2) is 47.0 Å². The highest BCUT2D eigenvalue weighted by Gasteiger charge is 2.26. The molecule has 1 saturated heterocycles. The van der Waals surface area contributed by atoms with Crippen LogP contribution in [0.5, 0.6) is 0 Å². The second kappa shape index (κ2) is 6.20. The lowest BCUT2D eigenvalue weighted by molar-refractivity contribution is 0.0748. The van der Waals surface area contributed by atoms with E-state index in [2.05, 4.69) is 14.9 Å². The fourth-order valence-electron chi connectivity index (χ4n) is 3.42. The summed E-state index contributed by atoms with van der Waals surface area (Å²) in [6.45, 7) is 4.53. The van der Waals surface area contributed by atoms with E-state index in [4.69, 9.17) is 0 Å². The Morgan fingerprint density at radius 3 is 2.64 bits per heavy atom. The Balaban J connectivity index is 1.55. The van der Waals surface area contributed by atoms with Crippen molar-refractivity contribution in [1.82, 2.24) is 14.9 Å². The molecule has 128 valence electrons. The normalized spacial score (nSPS) is 15.0. The van der Waals surface area contributed by atoms with Gasteiger partial charge < -0.3 is 14.8 Å². The Morgan fingerprint density at radius 1 is 1.12 bits per heavy atom. The zero-order chi connectivity index (χ0) is 17.4. The standard InChI is InChI=1S/C19H19FN4O/c1-13-17(14-5-4-6-15(20)18(14)22-13)19(25)24-11-9-23(10-12-24)16-7-2-3-8-21-16/h2-8,22H,9-12H2,1H3. The number of hydrogen-bond donors (Lipinski definition) is 1. The summed E-state index contributed by atoms with van der Waals surface area (Å²) < 4.78 is 14.0. The third-order valence-corrected chi connectivity index (χ3v) is 4.72. The zero-order valence-electron chi connectivity index (χ0n) is 14.0. The first-order valence-electron chi connectivity index (χ1n) is 8.37. The molecule has 0 radical (unpaired) electrons. The van der Waals surface area contributed by atoms with Crippen LogP contribution in [-0.2, 0) is 0 Å². The van der Waals surface area contributed by atoms with Crippen LogP contribution in [0.4, 0.5) is 10.2 Å². The molecule has 0 aliphatic carbocycles. The highest BCUT2D eigenvalue weighted by Crippen LogP contribution is 2.26. The van der Waals surface area contributed by atoms with E-state index in [0.29, 0.717) is 35.2 Å². The van der Waals surface area contributed by atoms with E-state index < -0.39 is 0 Å². The number of carbonyl (C=O) groups excluding carboxylic acids is 1. The van der Waals surface area contributed by atoms with E-state index in [0.717, 1.165) is 18.9 Å². The van der Waals surface area contributed by atoms with E-state index in [9.17, 15) is 9.18 Å². The number of hydrogen-bond acceptors (Lipinski definition) is 3. The second-order valence-corrected chi connectivity index (χ2v) is 6.25. The summed E-state index contributed by atoms with van der Waals surface area (Å²) in [5.41, 5.74) is 1.67. The number of carbonyl (C=O) groups is 1. The van der Waals surface area contributed by atoms with E-state index in [-0.39, 0.29) is 11.7 Å². The van der Waals surface area contributed by atoms with Crippen LogP contribution in [0.2, 0.25) is 0 Å². The average Bonchev–Trinajstić information content (AvgIpc) is 2.99. The molecule has 5 nitrogen and oxygen atoms in total. The molecule has 1 amide bonds. The number of fused-ring (bicyclic) bond motifs is 1. The lowest BCUT2D eigenvalue weighted by atomic mass is 10.1. The minimum atomic E-state index is -0.334. The highest BCUT2D eigenvalue weighted by molar-refractivity contribution is 6.08. The van der Waals surface area contributed by atoms with Gasteiger partial charge in [-0.2, -0.15) is 0 Å². The van der Waals surface area contributed by atoms with Gasteiger partial charge in [-0.05, 0) is 25.1 Å². The third-order valence-electron chi connectivity index (χ3n) is 4.72. The Labute approximate surface area is 145 Å². The van der Waals surface area contributed by atoms with Gasteiger partial charge in [0.1, 0.15) is 11.6 Å². The monoisotopic (exact) mass is 338 g/mol. The first kappa shape index (κ1) is 15.6. The summed E-state index contributed by atoms with van der Waals surface area (Å²) in [6.07, 6.45) is 1.77. The molecule has 1 aliphatic heterocycles. The number of para-hydroxylation sites is 1. The molecule has 0 atom stereocenters. The van der Waals surface area contributed by atoms with Crippen molar-refractivity contribution in [2.45, 2.75) is 6.92 Å². The van der Waals surface area contributed by atoms with Crippen LogP contribution in [0.25, 0.3) is 10.9 Å². The van der Waals surface area contributed by atoms with Crippen LogP contribution in [0, 0.1) is 12.7 Å². The topological polar surface area (TPSA) is 52.2 Å². The maximum atomic E-state index is 14.0. The van der Waals surface area contributed by atoms with Crippen LogP contribution in [0.15, 0.2) is 42.6 Å². The SMILES string of the molecule is Cc1[nH]c2c(F)cccc2c1C(=O)N1CCN(c2ccccn2)CC1. The van der Waals surface area contributed by atoms with Gasteiger partial charge in [0.15, 0.2) is 0 Å². The average molecular weight is 338 g/mol. The maximum Gasteiger partial charge on any atom is 0.256 e. The van der Waals surface area contributed by atoms with Gasteiger partial charge >= 0.3 is 0 Å². The van der Waals surface area contributed by atoms with Gasteiger partial charge in [0, 0.05) is 43.5 Å². The van der Waals surface area contributed by atoms with Gasteiger partial charge in [-0.25, -0.2) is 9.37 Å². The minimum absolute atomic E-state index is 0.0463. The summed E-state index contributed by atoms with van der Waals surface area (Å²) in [6, 6.07) is 10.7. The number of piperazine rings is 1. The lowest BCUT2D eigenvalue weighted by Gasteiger charge is -2.35. The molecular formula is C19H19FN4O. The van der Waals surface area contributed by atoms with Crippen molar-refractivity contribution < 1.29 is 9.18 Å². The number of rotatable bonds is 2. The molecule has 1 fully saturated rings. The number of aryl methyl sites for hydroxylation is 1. The number of nitrogens with one attached hydrogen (secondary N) is 1. The summed E-state index contributed by atoms with van der Waals surface area (Å²) in [5, 5.41) is 0.648. The van der Waals surface area contributed by atoms with Crippen LogP contribution in [0.3, 0.4) is 0 Å². The molecule has 1 aliphatic rings. The molecule has 0 unspecified atom stereocenters. The number of H-pyrrole nitrogens is 1. The Bertz CT molecular complexity index is 914. The van der Waals surface area contributed by atoms with Crippen molar-refractivity contribution in [3.05, 3.63) is 59.7 Å². The first-order valence-corrected chi connectivity index (χ1v) is 8.37. The number of aromatic amines is 1. The number of halogens is 1. The fourth-order valence-corrected chi connectivity index (χ4v) is 3.42. The van der Waals surface area contributed by atoms with E-state index in [1.54, 1.807) is 18.3 Å². The second-order valence-electron chi connectivity index (χ2n) is 6.25. The molecule has 0 spiro atoms. The zero-order valence-corrected chi connectivity index (χ0v) is 14.0. The highest BCUT2D eigenvalue weighted by atomic mass is 19.1. The molecule has 0 saturated carbocycles. The van der Waals surface area contributed by atoms with E-state index >= 15 is 0 Å². The predicted molar refractivity (Wildman–Crippen MR) is 95.3 cm³/mol. The summed E-state index contributed by atoms with van der Waals surface area (Å²) in [5.74, 6) is 0.551. The Kier molecular flexibility index (Phi) is 3.87. The molecule has 2 aromatic heterocycles. The van der Waals surface area contributed by atoms with Crippen molar-refractivity contribution in [2.24, 2.45) is 0 Å². The third kappa shape index (κ3) is 2.73. The van der Waals surface area contributed by atoms with Gasteiger partial charge in [0.05, 0.1) is 11.1 Å². The number of aromatic nitrogens is 2. The predicted octanol–water partition coefficient (Wildman–Crippen LogP) is 2.97. The van der Waals surface area contributed by atoms with Gasteiger partial charge in [0.25, 0.3) is 5.91 Å². The van der Waals surface area contributed by atoms with Crippen LogP contribution >= 0.6 is 0 Å². The molecule has 6 heteroatoms. The number of amides is 1. The summed E-state index contributed by atoms with van der Waals surface area (Å²) in [7, 11) is 0. The number of nitrogens with zero attached hydrogens (tertiary/aromatic N) is 3. The maximum absolute atomic E-state index is 14.0. The molecular weight excluding hydrogens is 319 g/mol. The van der Waals surface area contributed by atoms with Crippen molar-refractivity contribution in [2.75, 3.05) is 31.1 Å². The van der Waals surface area contributed by atoms with Gasteiger partial charge in [0.2, 0.25) is 0 Å². The number of pyridine rings is 1. The largest absolute Gasteiger partial charge is 0.356 e. The molecule has 1 aromatic carbocycles. The molecule has 0 bridgehead atoms. The molecule has 3 aromatic rings. The quantitative estimate of drug-likeness (QED) is 0.781.